The number of ether oxygens (including phenoxy) is 1. The Morgan fingerprint density at radius 3 is 2.88 bits per heavy atom. The van der Waals surface area contributed by atoms with Crippen molar-refractivity contribution in [3.63, 3.8) is 0 Å². The molecule has 1 heterocycles. The lowest BCUT2D eigenvalue weighted by atomic mass is 9.90. The van der Waals surface area contributed by atoms with Crippen molar-refractivity contribution < 1.29 is 4.74 Å². The van der Waals surface area contributed by atoms with Crippen LogP contribution in [0.3, 0.4) is 0 Å². The van der Waals surface area contributed by atoms with Crippen molar-refractivity contribution in [3.8, 4) is 6.07 Å². The van der Waals surface area contributed by atoms with Gasteiger partial charge in [0.15, 0.2) is 0 Å². The molecule has 0 aromatic heterocycles. The molecule has 1 atom stereocenters. The second kappa shape index (κ2) is 6.88. The maximum Gasteiger partial charge on any atom is 0.0683 e. The molecule has 0 saturated carbocycles. The molecule has 1 rings (SSSR count). The van der Waals surface area contributed by atoms with Crippen molar-refractivity contribution in [1.82, 2.24) is 5.32 Å². The Kier molecular flexibility index (Phi) is 5.79. The number of hydrogen-bond donors (Lipinski definition) is 1. The van der Waals surface area contributed by atoms with E-state index in [1.807, 2.05) is 13.8 Å². The third kappa shape index (κ3) is 5.48. The molecule has 1 saturated heterocycles. The van der Waals surface area contributed by atoms with Gasteiger partial charge in [0, 0.05) is 13.2 Å². The molecule has 0 aromatic rings. The van der Waals surface area contributed by atoms with Gasteiger partial charge in [0.25, 0.3) is 0 Å². The first-order valence-corrected chi connectivity index (χ1v) is 6.34. The summed E-state index contributed by atoms with van der Waals surface area (Å²) in [6, 6.07) is 2.31. The van der Waals surface area contributed by atoms with Crippen LogP contribution in [-0.4, -0.2) is 26.3 Å². The Bertz CT molecular complexity index is 227. The lowest BCUT2D eigenvalue weighted by Gasteiger charge is -2.14. The van der Waals surface area contributed by atoms with Gasteiger partial charge < -0.3 is 10.1 Å². The standard InChI is InChI=1S/C13H24N2O/c1-13(2,11-14)6-3-8-16-9-5-12-4-7-15-10-12/h12,15H,3-10H2,1-2H3. The number of hydrogen-bond acceptors (Lipinski definition) is 3. The predicted molar refractivity (Wildman–Crippen MR) is 65.0 cm³/mol. The fraction of sp³-hybridized carbons (Fsp3) is 0.923. The first-order valence-electron chi connectivity index (χ1n) is 6.34. The van der Waals surface area contributed by atoms with Crippen LogP contribution in [-0.2, 0) is 4.74 Å². The highest BCUT2D eigenvalue weighted by molar-refractivity contribution is 4.91. The second-order valence-corrected chi connectivity index (χ2v) is 5.36. The predicted octanol–water partition coefficient (Wildman–Crippen LogP) is 2.33. The van der Waals surface area contributed by atoms with Crippen molar-refractivity contribution in [3.05, 3.63) is 0 Å². The smallest absolute Gasteiger partial charge is 0.0683 e. The molecule has 1 aliphatic heterocycles. The highest BCUT2D eigenvalue weighted by Crippen LogP contribution is 2.20. The second-order valence-electron chi connectivity index (χ2n) is 5.36. The number of nitrogens with one attached hydrogen (secondary N) is 1. The molecule has 3 heteroatoms. The zero-order valence-electron chi connectivity index (χ0n) is 10.6. The molecule has 0 aliphatic carbocycles. The quantitative estimate of drug-likeness (QED) is 0.675. The van der Waals surface area contributed by atoms with Gasteiger partial charge in [-0.15, -0.1) is 0 Å². The lowest BCUT2D eigenvalue weighted by Crippen LogP contribution is -2.12. The Hall–Kier alpha value is -0.590. The van der Waals surface area contributed by atoms with E-state index in [0.29, 0.717) is 0 Å². The van der Waals surface area contributed by atoms with E-state index >= 15 is 0 Å². The lowest BCUT2D eigenvalue weighted by molar-refractivity contribution is 0.114. The Morgan fingerprint density at radius 1 is 1.44 bits per heavy atom. The summed E-state index contributed by atoms with van der Waals surface area (Å²) in [5.74, 6) is 0.815. The molecular weight excluding hydrogens is 200 g/mol. The third-order valence-corrected chi connectivity index (χ3v) is 3.23. The number of rotatable bonds is 7. The van der Waals surface area contributed by atoms with Crippen LogP contribution in [0, 0.1) is 22.7 Å². The minimum Gasteiger partial charge on any atom is -0.381 e. The van der Waals surface area contributed by atoms with Crippen molar-refractivity contribution in [1.29, 1.82) is 5.26 Å². The van der Waals surface area contributed by atoms with Gasteiger partial charge in [0.05, 0.1) is 11.5 Å². The molecular formula is C13H24N2O. The highest BCUT2D eigenvalue weighted by Gasteiger charge is 2.16. The van der Waals surface area contributed by atoms with Crippen LogP contribution in [0.2, 0.25) is 0 Å². The summed E-state index contributed by atoms with van der Waals surface area (Å²) < 4.78 is 5.60. The minimum atomic E-state index is -0.196. The molecule has 1 N–H and O–H groups in total. The average molecular weight is 224 g/mol. The molecule has 92 valence electrons. The molecule has 16 heavy (non-hydrogen) atoms. The summed E-state index contributed by atoms with van der Waals surface area (Å²) in [6.07, 6.45) is 4.39. The monoisotopic (exact) mass is 224 g/mol. The molecule has 0 spiro atoms. The van der Waals surface area contributed by atoms with Crippen LogP contribution in [0.15, 0.2) is 0 Å². The van der Waals surface area contributed by atoms with Crippen LogP contribution in [0.25, 0.3) is 0 Å². The molecule has 0 amide bonds. The van der Waals surface area contributed by atoms with Gasteiger partial charge >= 0.3 is 0 Å². The van der Waals surface area contributed by atoms with E-state index in [2.05, 4.69) is 11.4 Å². The summed E-state index contributed by atoms with van der Waals surface area (Å²) in [7, 11) is 0. The summed E-state index contributed by atoms with van der Waals surface area (Å²) in [6.45, 7) is 7.96. The van der Waals surface area contributed by atoms with E-state index in [1.54, 1.807) is 0 Å². The third-order valence-electron chi connectivity index (χ3n) is 3.23. The number of nitrogens with zero attached hydrogens (tertiary/aromatic N) is 1. The van der Waals surface area contributed by atoms with Gasteiger partial charge in [-0.2, -0.15) is 5.26 Å². The van der Waals surface area contributed by atoms with Gasteiger partial charge in [0.1, 0.15) is 0 Å². The van der Waals surface area contributed by atoms with Crippen molar-refractivity contribution in [2.75, 3.05) is 26.3 Å². The molecule has 0 radical (unpaired) electrons. The number of nitriles is 1. The zero-order valence-corrected chi connectivity index (χ0v) is 10.6. The normalized spacial score (nSPS) is 20.9. The van der Waals surface area contributed by atoms with E-state index in [1.165, 1.54) is 19.4 Å². The largest absolute Gasteiger partial charge is 0.381 e. The van der Waals surface area contributed by atoms with Crippen molar-refractivity contribution in [2.45, 2.75) is 39.5 Å². The molecule has 1 fully saturated rings. The maximum atomic E-state index is 8.84. The first kappa shape index (κ1) is 13.5. The van der Waals surface area contributed by atoms with Gasteiger partial charge in [-0.1, -0.05) is 0 Å². The van der Waals surface area contributed by atoms with Crippen LogP contribution < -0.4 is 5.32 Å². The summed E-state index contributed by atoms with van der Waals surface area (Å²) >= 11 is 0. The van der Waals surface area contributed by atoms with Crippen molar-refractivity contribution in [2.24, 2.45) is 11.3 Å². The van der Waals surface area contributed by atoms with E-state index in [0.717, 1.165) is 38.5 Å². The summed E-state index contributed by atoms with van der Waals surface area (Å²) in [5, 5.41) is 12.2. The fourth-order valence-electron chi connectivity index (χ4n) is 1.98. The van der Waals surface area contributed by atoms with E-state index in [-0.39, 0.29) is 5.41 Å². The van der Waals surface area contributed by atoms with E-state index < -0.39 is 0 Å². The molecule has 1 aliphatic rings. The van der Waals surface area contributed by atoms with Crippen LogP contribution in [0.5, 0.6) is 0 Å². The first-order chi connectivity index (χ1) is 7.64. The molecule has 0 bridgehead atoms. The zero-order chi connectivity index (χ0) is 11.9. The van der Waals surface area contributed by atoms with Crippen LogP contribution >= 0.6 is 0 Å². The maximum absolute atomic E-state index is 8.84. The topological polar surface area (TPSA) is 45.0 Å². The van der Waals surface area contributed by atoms with Gasteiger partial charge in [-0.3, -0.25) is 0 Å². The Labute approximate surface area is 99.2 Å². The Morgan fingerprint density at radius 2 is 2.25 bits per heavy atom. The van der Waals surface area contributed by atoms with Gasteiger partial charge in [-0.05, 0) is 58.5 Å². The minimum absolute atomic E-state index is 0.196. The highest BCUT2D eigenvalue weighted by atomic mass is 16.5. The van der Waals surface area contributed by atoms with Gasteiger partial charge in [-0.25, -0.2) is 0 Å². The average Bonchev–Trinajstić information content (AvgIpc) is 2.76. The summed E-state index contributed by atoms with van der Waals surface area (Å²) in [4.78, 5) is 0. The fourth-order valence-corrected chi connectivity index (χ4v) is 1.98. The Balaban J connectivity index is 1.90. The van der Waals surface area contributed by atoms with Crippen molar-refractivity contribution >= 4 is 0 Å². The van der Waals surface area contributed by atoms with Gasteiger partial charge in [0.2, 0.25) is 0 Å². The van der Waals surface area contributed by atoms with Crippen LogP contribution in [0.4, 0.5) is 0 Å². The molecule has 0 aromatic carbocycles. The molecule has 1 unspecified atom stereocenters. The SMILES string of the molecule is CC(C)(C#N)CCCOCCC1CCNC1. The van der Waals surface area contributed by atoms with E-state index in [4.69, 9.17) is 10.00 Å². The van der Waals surface area contributed by atoms with Crippen LogP contribution in [0.1, 0.15) is 39.5 Å². The summed E-state index contributed by atoms with van der Waals surface area (Å²) in [5.41, 5.74) is -0.196. The van der Waals surface area contributed by atoms with E-state index in [9.17, 15) is 0 Å². The molecule has 3 nitrogen and oxygen atoms in total.